The number of hydrogen-bond donors (Lipinski definition) is 2. The molecule has 0 aliphatic rings. The van der Waals surface area contributed by atoms with E-state index in [4.69, 9.17) is 11.6 Å². The number of aromatic amines is 1. The lowest BCUT2D eigenvalue weighted by Crippen LogP contribution is -2.16. The van der Waals surface area contributed by atoms with Crippen LogP contribution in [-0.2, 0) is 6.54 Å². The van der Waals surface area contributed by atoms with Crippen LogP contribution in [0.25, 0.3) is 10.9 Å². The van der Waals surface area contributed by atoms with E-state index in [9.17, 15) is 0 Å². The molecule has 2 aromatic rings. The van der Waals surface area contributed by atoms with E-state index in [1.807, 2.05) is 30.1 Å². The standard InChI is InChI=1S/C12H15ClN2S/c1-16-5-4-14-7-9-8-15-12-6-10(13)2-3-11(9)12/h2-3,6,8,14-15H,4-5,7H2,1H3. The molecule has 4 heteroatoms. The van der Waals surface area contributed by atoms with Gasteiger partial charge in [0.1, 0.15) is 0 Å². The normalized spacial score (nSPS) is 11.1. The summed E-state index contributed by atoms with van der Waals surface area (Å²) in [6.07, 6.45) is 4.17. The fourth-order valence-corrected chi connectivity index (χ4v) is 2.22. The Morgan fingerprint density at radius 1 is 1.44 bits per heavy atom. The van der Waals surface area contributed by atoms with E-state index in [0.717, 1.165) is 29.4 Å². The Kier molecular flexibility index (Phi) is 4.16. The monoisotopic (exact) mass is 254 g/mol. The molecule has 0 amide bonds. The fraction of sp³-hybridized carbons (Fsp3) is 0.333. The van der Waals surface area contributed by atoms with Gasteiger partial charge in [0.15, 0.2) is 0 Å². The highest BCUT2D eigenvalue weighted by atomic mass is 35.5. The molecule has 1 heterocycles. The first-order chi connectivity index (χ1) is 7.81. The number of fused-ring (bicyclic) bond motifs is 1. The van der Waals surface area contributed by atoms with Crippen LogP contribution in [0.4, 0.5) is 0 Å². The summed E-state index contributed by atoms with van der Waals surface area (Å²) in [6, 6.07) is 5.96. The molecule has 0 aliphatic heterocycles. The Bertz CT molecular complexity index is 467. The van der Waals surface area contributed by atoms with Crippen molar-refractivity contribution in [3.63, 3.8) is 0 Å². The minimum absolute atomic E-state index is 0.774. The molecule has 2 rings (SSSR count). The van der Waals surface area contributed by atoms with Gasteiger partial charge in [-0.25, -0.2) is 0 Å². The molecule has 0 fully saturated rings. The quantitative estimate of drug-likeness (QED) is 0.802. The summed E-state index contributed by atoms with van der Waals surface area (Å²) in [5.74, 6) is 1.15. The van der Waals surface area contributed by atoms with Gasteiger partial charge in [-0.05, 0) is 24.0 Å². The van der Waals surface area contributed by atoms with Gasteiger partial charge in [-0.2, -0.15) is 11.8 Å². The number of H-pyrrole nitrogens is 1. The van der Waals surface area contributed by atoms with Crippen LogP contribution < -0.4 is 5.32 Å². The van der Waals surface area contributed by atoms with E-state index in [0.29, 0.717) is 0 Å². The lowest BCUT2D eigenvalue weighted by Gasteiger charge is -2.02. The van der Waals surface area contributed by atoms with Crippen molar-refractivity contribution in [3.8, 4) is 0 Å². The topological polar surface area (TPSA) is 27.8 Å². The molecule has 0 atom stereocenters. The number of hydrogen-bond acceptors (Lipinski definition) is 2. The minimum Gasteiger partial charge on any atom is -0.361 e. The number of nitrogens with one attached hydrogen (secondary N) is 2. The van der Waals surface area contributed by atoms with Crippen LogP contribution >= 0.6 is 23.4 Å². The molecule has 0 unspecified atom stereocenters. The highest BCUT2D eigenvalue weighted by Crippen LogP contribution is 2.21. The SMILES string of the molecule is CSCCNCc1c[nH]c2cc(Cl)ccc12. The van der Waals surface area contributed by atoms with Gasteiger partial charge in [-0.3, -0.25) is 0 Å². The van der Waals surface area contributed by atoms with E-state index in [1.165, 1.54) is 10.9 Å². The number of rotatable bonds is 5. The van der Waals surface area contributed by atoms with E-state index >= 15 is 0 Å². The predicted octanol–water partition coefficient (Wildman–Crippen LogP) is 3.27. The van der Waals surface area contributed by atoms with Crippen LogP contribution in [0.15, 0.2) is 24.4 Å². The van der Waals surface area contributed by atoms with Crippen LogP contribution in [0.3, 0.4) is 0 Å². The average molecular weight is 255 g/mol. The molecular formula is C12H15ClN2S. The van der Waals surface area contributed by atoms with Crippen molar-refractivity contribution in [1.82, 2.24) is 10.3 Å². The van der Waals surface area contributed by atoms with Crippen molar-refractivity contribution in [2.75, 3.05) is 18.6 Å². The summed E-state index contributed by atoms with van der Waals surface area (Å²) in [6.45, 7) is 1.95. The molecule has 1 aromatic heterocycles. The van der Waals surface area contributed by atoms with Crippen molar-refractivity contribution in [1.29, 1.82) is 0 Å². The van der Waals surface area contributed by atoms with Crippen LogP contribution in [0, 0.1) is 0 Å². The lowest BCUT2D eigenvalue weighted by atomic mass is 10.2. The molecule has 16 heavy (non-hydrogen) atoms. The van der Waals surface area contributed by atoms with Crippen LogP contribution in [0.2, 0.25) is 5.02 Å². The minimum atomic E-state index is 0.774. The molecule has 2 nitrogen and oxygen atoms in total. The van der Waals surface area contributed by atoms with E-state index in [-0.39, 0.29) is 0 Å². The lowest BCUT2D eigenvalue weighted by molar-refractivity contribution is 0.736. The van der Waals surface area contributed by atoms with Gasteiger partial charge < -0.3 is 10.3 Å². The molecule has 0 bridgehead atoms. The van der Waals surface area contributed by atoms with Crippen LogP contribution in [-0.4, -0.2) is 23.5 Å². The van der Waals surface area contributed by atoms with Gasteiger partial charge in [0.05, 0.1) is 0 Å². The third-order valence-corrected chi connectivity index (χ3v) is 3.38. The molecule has 0 saturated carbocycles. The van der Waals surface area contributed by atoms with Gasteiger partial charge in [-0.15, -0.1) is 0 Å². The fourth-order valence-electron chi connectivity index (χ4n) is 1.70. The summed E-state index contributed by atoms with van der Waals surface area (Å²) in [7, 11) is 0. The molecular weight excluding hydrogens is 240 g/mol. The summed E-state index contributed by atoms with van der Waals surface area (Å²) in [5, 5.41) is 5.45. The van der Waals surface area contributed by atoms with Crippen molar-refractivity contribution in [2.24, 2.45) is 0 Å². The average Bonchev–Trinajstić information content (AvgIpc) is 2.67. The van der Waals surface area contributed by atoms with Crippen LogP contribution in [0.5, 0.6) is 0 Å². The summed E-state index contributed by atoms with van der Waals surface area (Å²) >= 11 is 7.79. The second kappa shape index (κ2) is 5.62. The summed E-state index contributed by atoms with van der Waals surface area (Å²) in [5.41, 5.74) is 2.40. The number of halogens is 1. The van der Waals surface area contributed by atoms with Crippen molar-refractivity contribution in [3.05, 3.63) is 35.0 Å². The number of aromatic nitrogens is 1. The molecule has 0 radical (unpaired) electrons. The Morgan fingerprint density at radius 3 is 3.12 bits per heavy atom. The van der Waals surface area contributed by atoms with Crippen molar-refractivity contribution < 1.29 is 0 Å². The molecule has 0 saturated heterocycles. The van der Waals surface area contributed by atoms with Gasteiger partial charge in [0.2, 0.25) is 0 Å². The second-order valence-corrected chi connectivity index (χ2v) is 5.10. The smallest absolute Gasteiger partial charge is 0.0472 e. The Morgan fingerprint density at radius 2 is 2.31 bits per heavy atom. The van der Waals surface area contributed by atoms with Gasteiger partial charge in [0.25, 0.3) is 0 Å². The second-order valence-electron chi connectivity index (χ2n) is 3.67. The number of benzene rings is 1. The zero-order valence-electron chi connectivity index (χ0n) is 9.22. The number of thioether (sulfide) groups is 1. The first-order valence-electron chi connectivity index (χ1n) is 5.26. The zero-order chi connectivity index (χ0) is 11.4. The highest BCUT2D eigenvalue weighted by molar-refractivity contribution is 7.98. The Balaban J connectivity index is 2.07. The molecule has 2 N–H and O–H groups in total. The summed E-state index contributed by atoms with van der Waals surface area (Å²) in [4.78, 5) is 3.24. The maximum atomic E-state index is 5.94. The Labute approximate surface area is 105 Å². The van der Waals surface area contributed by atoms with Gasteiger partial charge in [-0.1, -0.05) is 17.7 Å². The first kappa shape index (κ1) is 11.8. The molecule has 86 valence electrons. The Hall–Kier alpha value is -0.640. The first-order valence-corrected chi connectivity index (χ1v) is 7.03. The molecule has 0 spiro atoms. The van der Waals surface area contributed by atoms with E-state index in [1.54, 1.807) is 0 Å². The third kappa shape index (κ3) is 2.73. The maximum absolute atomic E-state index is 5.94. The van der Waals surface area contributed by atoms with Gasteiger partial charge in [0, 0.05) is 41.0 Å². The van der Waals surface area contributed by atoms with Crippen molar-refractivity contribution >= 4 is 34.3 Å². The third-order valence-electron chi connectivity index (χ3n) is 2.53. The van der Waals surface area contributed by atoms with Gasteiger partial charge >= 0.3 is 0 Å². The van der Waals surface area contributed by atoms with E-state index in [2.05, 4.69) is 22.6 Å². The molecule has 0 aliphatic carbocycles. The van der Waals surface area contributed by atoms with Crippen molar-refractivity contribution in [2.45, 2.75) is 6.54 Å². The molecule has 1 aromatic carbocycles. The zero-order valence-corrected chi connectivity index (χ0v) is 10.8. The van der Waals surface area contributed by atoms with Crippen LogP contribution in [0.1, 0.15) is 5.56 Å². The largest absolute Gasteiger partial charge is 0.361 e. The predicted molar refractivity (Wildman–Crippen MR) is 73.4 cm³/mol. The van der Waals surface area contributed by atoms with E-state index < -0.39 is 0 Å². The maximum Gasteiger partial charge on any atom is 0.0472 e. The highest BCUT2D eigenvalue weighted by Gasteiger charge is 2.03. The summed E-state index contributed by atoms with van der Waals surface area (Å²) < 4.78 is 0.